The molecule has 1 amide bonds. The molecule has 134 valence electrons. The third-order valence-corrected chi connectivity index (χ3v) is 5.92. The Labute approximate surface area is 144 Å². The van der Waals surface area contributed by atoms with E-state index in [0.717, 1.165) is 38.0 Å². The molecule has 2 heterocycles. The second-order valence-corrected chi connectivity index (χ2v) is 7.54. The van der Waals surface area contributed by atoms with E-state index in [1.165, 1.54) is 0 Å². The predicted octanol–water partition coefficient (Wildman–Crippen LogP) is 1.17. The van der Waals surface area contributed by atoms with Crippen molar-refractivity contribution < 1.29 is 9.53 Å². The molecule has 0 bridgehead atoms. The normalized spacial score (nSPS) is 30.0. The van der Waals surface area contributed by atoms with Crippen LogP contribution in [0.25, 0.3) is 0 Å². The first-order valence-corrected chi connectivity index (χ1v) is 8.93. The summed E-state index contributed by atoms with van der Waals surface area (Å²) in [7, 11) is 8.00. The van der Waals surface area contributed by atoms with Crippen LogP contribution < -0.4 is 0 Å². The largest absolute Gasteiger partial charge is 0.380 e. The SMILES string of the molecule is CO[C@@H]1C[C@H]2CN(C(=O)CCc3ccnn3C)C[C@H]2C[C@H]1N(C)C. The minimum atomic E-state index is 0.279. The van der Waals surface area contributed by atoms with Gasteiger partial charge in [-0.25, -0.2) is 0 Å². The fraction of sp³-hybridized carbons (Fsp3) is 0.778. The molecular weight excluding hydrogens is 304 g/mol. The second-order valence-electron chi connectivity index (χ2n) is 7.54. The fourth-order valence-electron chi connectivity index (χ4n) is 4.43. The number of ether oxygens (including phenoxy) is 1. The van der Waals surface area contributed by atoms with Gasteiger partial charge < -0.3 is 14.5 Å². The zero-order valence-electron chi connectivity index (χ0n) is 15.3. The van der Waals surface area contributed by atoms with Crippen molar-refractivity contribution in [2.24, 2.45) is 18.9 Å². The lowest BCUT2D eigenvalue weighted by atomic mass is 9.77. The van der Waals surface area contributed by atoms with Gasteiger partial charge in [0.05, 0.1) is 6.10 Å². The summed E-state index contributed by atoms with van der Waals surface area (Å²) in [4.78, 5) is 17.0. The summed E-state index contributed by atoms with van der Waals surface area (Å²) < 4.78 is 7.57. The summed E-state index contributed by atoms with van der Waals surface area (Å²) in [5.74, 6) is 1.48. The number of carbonyl (C=O) groups excluding carboxylic acids is 1. The summed E-state index contributed by atoms with van der Waals surface area (Å²) in [6, 6.07) is 2.45. The first-order valence-electron chi connectivity index (χ1n) is 8.93. The number of hydrogen-bond donors (Lipinski definition) is 0. The third kappa shape index (κ3) is 3.49. The lowest BCUT2D eigenvalue weighted by Gasteiger charge is -2.40. The highest BCUT2D eigenvalue weighted by molar-refractivity contribution is 5.76. The fourth-order valence-corrected chi connectivity index (χ4v) is 4.43. The minimum Gasteiger partial charge on any atom is -0.380 e. The number of aryl methyl sites for hydroxylation is 2. The maximum Gasteiger partial charge on any atom is 0.222 e. The van der Waals surface area contributed by atoms with E-state index in [2.05, 4.69) is 29.0 Å². The molecule has 1 aromatic rings. The number of hydrogen-bond acceptors (Lipinski definition) is 4. The van der Waals surface area contributed by atoms with Gasteiger partial charge in [0.15, 0.2) is 0 Å². The minimum absolute atomic E-state index is 0.279. The Morgan fingerprint density at radius 3 is 2.62 bits per heavy atom. The van der Waals surface area contributed by atoms with Crippen LogP contribution in [-0.4, -0.2) is 71.9 Å². The molecule has 0 N–H and O–H groups in total. The molecule has 1 saturated carbocycles. The molecule has 4 atom stereocenters. The van der Waals surface area contributed by atoms with Crippen molar-refractivity contribution in [3.05, 3.63) is 18.0 Å². The number of likely N-dealkylation sites (tertiary alicyclic amines) is 1. The Bertz CT molecular complexity index is 571. The van der Waals surface area contributed by atoms with Gasteiger partial charge in [0.2, 0.25) is 5.91 Å². The van der Waals surface area contributed by atoms with Crippen LogP contribution in [0.3, 0.4) is 0 Å². The van der Waals surface area contributed by atoms with Crippen LogP contribution in [-0.2, 0) is 23.0 Å². The Kier molecular flexibility index (Phi) is 5.25. The predicted molar refractivity (Wildman–Crippen MR) is 92.6 cm³/mol. The second kappa shape index (κ2) is 7.23. The average molecular weight is 334 g/mol. The summed E-state index contributed by atoms with van der Waals surface area (Å²) in [5.41, 5.74) is 1.12. The van der Waals surface area contributed by atoms with Crippen LogP contribution in [0.1, 0.15) is 25.0 Å². The molecule has 2 fully saturated rings. The number of likely N-dealkylation sites (N-methyl/N-ethyl adjacent to an activating group) is 1. The van der Waals surface area contributed by atoms with Crippen molar-refractivity contribution in [1.82, 2.24) is 19.6 Å². The monoisotopic (exact) mass is 334 g/mol. The number of amides is 1. The van der Waals surface area contributed by atoms with Gasteiger partial charge >= 0.3 is 0 Å². The van der Waals surface area contributed by atoms with E-state index in [9.17, 15) is 4.79 Å². The van der Waals surface area contributed by atoms with Crippen LogP contribution in [0.15, 0.2) is 12.3 Å². The van der Waals surface area contributed by atoms with E-state index in [0.29, 0.717) is 24.3 Å². The van der Waals surface area contributed by atoms with E-state index < -0.39 is 0 Å². The Morgan fingerprint density at radius 1 is 1.33 bits per heavy atom. The van der Waals surface area contributed by atoms with E-state index in [4.69, 9.17) is 4.74 Å². The summed E-state index contributed by atoms with van der Waals surface area (Å²) in [6.45, 7) is 1.81. The van der Waals surface area contributed by atoms with Crippen LogP contribution in [0.5, 0.6) is 0 Å². The van der Waals surface area contributed by atoms with Crippen LogP contribution in [0.2, 0.25) is 0 Å². The lowest BCUT2D eigenvalue weighted by molar-refractivity contribution is -0.130. The molecule has 1 aliphatic heterocycles. The van der Waals surface area contributed by atoms with Gasteiger partial charge in [-0.15, -0.1) is 0 Å². The molecule has 0 unspecified atom stereocenters. The van der Waals surface area contributed by atoms with Gasteiger partial charge in [0.25, 0.3) is 0 Å². The molecular formula is C18H30N4O2. The van der Waals surface area contributed by atoms with Gasteiger partial charge in [-0.05, 0) is 51.3 Å². The zero-order chi connectivity index (χ0) is 17.3. The number of nitrogens with zero attached hydrogens (tertiary/aromatic N) is 4. The number of carbonyl (C=O) groups is 1. The third-order valence-electron chi connectivity index (χ3n) is 5.92. The molecule has 2 aliphatic rings. The van der Waals surface area contributed by atoms with Gasteiger partial charge in [0, 0.05) is 51.6 Å². The highest BCUT2D eigenvalue weighted by Gasteiger charge is 2.44. The topological polar surface area (TPSA) is 50.6 Å². The smallest absolute Gasteiger partial charge is 0.222 e. The van der Waals surface area contributed by atoms with Crippen molar-refractivity contribution in [3.63, 3.8) is 0 Å². The Morgan fingerprint density at radius 2 is 2.04 bits per heavy atom. The van der Waals surface area contributed by atoms with Gasteiger partial charge in [-0.2, -0.15) is 5.10 Å². The molecule has 3 rings (SSSR count). The average Bonchev–Trinajstić information content (AvgIpc) is 3.16. The molecule has 6 heteroatoms. The van der Waals surface area contributed by atoms with Crippen LogP contribution in [0, 0.1) is 11.8 Å². The zero-order valence-corrected chi connectivity index (χ0v) is 15.3. The highest BCUT2D eigenvalue weighted by atomic mass is 16.5. The van der Waals surface area contributed by atoms with E-state index in [-0.39, 0.29) is 12.0 Å². The Balaban J connectivity index is 1.56. The standard InChI is InChI=1S/C18H30N4O2/c1-20(2)16-9-13-11-22(12-14(13)10-17(16)24-4)18(23)6-5-15-7-8-19-21(15)3/h7-8,13-14,16-17H,5-6,9-12H2,1-4H3/t13-,14+,16-,17-/m1/s1. The molecule has 0 radical (unpaired) electrons. The molecule has 6 nitrogen and oxygen atoms in total. The van der Waals surface area contributed by atoms with E-state index in [1.54, 1.807) is 6.20 Å². The van der Waals surface area contributed by atoms with Crippen molar-refractivity contribution in [2.75, 3.05) is 34.3 Å². The summed E-state index contributed by atoms with van der Waals surface area (Å²) in [6.07, 6.45) is 5.60. The van der Waals surface area contributed by atoms with Crippen LogP contribution >= 0.6 is 0 Å². The number of rotatable bonds is 5. The molecule has 0 aromatic carbocycles. The molecule has 1 aliphatic carbocycles. The number of fused-ring (bicyclic) bond motifs is 1. The van der Waals surface area contributed by atoms with Crippen molar-refractivity contribution in [1.29, 1.82) is 0 Å². The van der Waals surface area contributed by atoms with E-state index >= 15 is 0 Å². The molecule has 1 saturated heterocycles. The molecule has 1 aromatic heterocycles. The van der Waals surface area contributed by atoms with Crippen molar-refractivity contribution in [2.45, 2.75) is 37.8 Å². The van der Waals surface area contributed by atoms with Crippen molar-refractivity contribution in [3.8, 4) is 0 Å². The Hall–Kier alpha value is -1.40. The van der Waals surface area contributed by atoms with E-state index in [1.807, 2.05) is 24.9 Å². The summed E-state index contributed by atoms with van der Waals surface area (Å²) in [5, 5.41) is 4.17. The summed E-state index contributed by atoms with van der Waals surface area (Å²) >= 11 is 0. The van der Waals surface area contributed by atoms with Gasteiger partial charge in [-0.1, -0.05) is 0 Å². The quantitative estimate of drug-likeness (QED) is 0.811. The lowest BCUT2D eigenvalue weighted by Crippen LogP contribution is -2.47. The highest BCUT2D eigenvalue weighted by Crippen LogP contribution is 2.38. The first kappa shape index (κ1) is 17.4. The number of methoxy groups -OCH3 is 1. The number of aromatic nitrogens is 2. The van der Waals surface area contributed by atoms with Crippen LogP contribution in [0.4, 0.5) is 0 Å². The maximum atomic E-state index is 12.6. The van der Waals surface area contributed by atoms with Gasteiger partial charge in [-0.3, -0.25) is 9.48 Å². The first-order chi connectivity index (χ1) is 11.5. The van der Waals surface area contributed by atoms with Crippen molar-refractivity contribution >= 4 is 5.91 Å². The van der Waals surface area contributed by atoms with Gasteiger partial charge in [0.1, 0.15) is 0 Å². The maximum absolute atomic E-state index is 12.6. The molecule has 24 heavy (non-hydrogen) atoms. The molecule has 0 spiro atoms.